The number of hydrogen-bond donors (Lipinski definition) is 2. The smallest absolute Gasteiger partial charge is 0.275 e. The second-order valence-corrected chi connectivity index (χ2v) is 10.7. The van der Waals surface area contributed by atoms with Crippen LogP contribution in [0.25, 0.3) is 10.2 Å². The standard InChI is InChI=1S/C18H23N3O3S2/c22-17(19-14-7-10-26(23,24)12-14)11-21-8-5-13(6-9-21)18-20-15-3-1-2-4-16(15)25-18/h1-4,13-14H,5-12H2,(H,19,22)/p+1/t14-/m1/s1. The molecule has 0 unspecified atom stereocenters. The van der Waals surface area contributed by atoms with Crippen molar-refractivity contribution in [3.63, 3.8) is 0 Å². The summed E-state index contributed by atoms with van der Waals surface area (Å²) in [7, 11) is -2.95. The monoisotopic (exact) mass is 394 g/mol. The average molecular weight is 395 g/mol. The molecular formula is C18H24N3O3S2+. The van der Waals surface area contributed by atoms with E-state index in [2.05, 4.69) is 17.4 Å². The van der Waals surface area contributed by atoms with Crippen molar-refractivity contribution in [3.05, 3.63) is 29.3 Å². The van der Waals surface area contributed by atoms with E-state index in [-0.39, 0.29) is 23.5 Å². The number of aromatic nitrogens is 1. The Kier molecular flexibility index (Phi) is 4.98. The van der Waals surface area contributed by atoms with Crippen molar-refractivity contribution < 1.29 is 18.1 Å². The molecule has 2 saturated heterocycles. The van der Waals surface area contributed by atoms with Gasteiger partial charge >= 0.3 is 0 Å². The Balaban J connectivity index is 1.27. The molecule has 0 radical (unpaired) electrons. The van der Waals surface area contributed by atoms with Gasteiger partial charge in [0.2, 0.25) is 0 Å². The van der Waals surface area contributed by atoms with Crippen LogP contribution < -0.4 is 10.2 Å². The van der Waals surface area contributed by atoms with Crippen molar-refractivity contribution in [1.29, 1.82) is 0 Å². The third-order valence-corrected chi connectivity index (χ3v) is 8.33. The number of nitrogens with one attached hydrogen (secondary N) is 2. The van der Waals surface area contributed by atoms with Crippen LogP contribution in [-0.2, 0) is 14.6 Å². The molecule has 0 spiro atoms. The number of sulfone groups is 1. The molecule has 0 saturated carbocycles. The van der Waals surface area contributed by atoms with Crippen molar-refractivity contribution in [2.75, 3.05) is 31.1 Å². The van der Waals surface area contributed by atoms with Gasteiger partial charge in [0.05, 0.1) is 39.8 Å². The molecule has 2 N–H and O–H groups in total. The summed E-state index contributed by atoms with van der Waals surface area (Å²) >= 11 is 1.78. The third-order valence-electron chi connectivity index (χ3n) is 5.36. The summed E-state index contributed by atoms with van der Waals surface area (Å²) in [5, 5.41) is 4.11. The first-order valence-electron chi connectivity index (χ1n) is 9.17. The molecule has 1 amide bonds. The Labute approximate surface area is 157 Å². The van der Waals surface area contributed by atoms with Crippen molar-refractivity contribution in [1.82, 2.24) is 10.3 Å². The first-order chi connectivity index (χ1) is 12.5. The highest BCUT2D eigenvalue weighted by Gasteiger charge is 2.31. The van der Waals surface area contributed by atoms with E-state index in [9.17, 15) is 13.2 Å². The SMILES string of the molecule is O=C(C[NH+]1CCC(c2nc3ccccc3s2)CC1)N[C@@H]1CCS(=O)(=O)C1. The van der Waals surface area contributed by atoms with Gasteiger partial charge in [0.25, 0.3) is 5.91 Å². The topological polar surface area (TPSA) is 80.6 Å². The fourth-order valence-corrected chi connectivity index (χ4v) is 6.74. The molecule has 2 aliphatic heterocycles. The van der Waals surface area contributed by atoms with Gasteiger partial charge in [-0.15, -0.1) is 11.3 Å². The van der Waals surface area contributed by atoms with Gasteiger partial charge in [-0.3, -0.25) is 4.79 Å². The second kappa shape index (κ2) is 7.25. The van der Waals surface area contributed by atoms with E-state index < -0.39 is 9.84 Å². The maximum atomic E-state index is 12.2. The zero-order valence-electron chi connectivity index (χ0n) is 14.6. The van der Waals surface area contributed by atoms with Crippen LogP contribution in [-0.4, -0.2) is 56.5 Å². The second-order valence-electron chi connectivity index (χ2n) is 7.39. The van der Waals surface area contributed by atoms with Crippen LogP contribution in [0.3, 0.4) is 0 Å². The van der Waals surface area contributed by atoms with Crippen LogP contribution in [0.5, 0.6) is 0 Å². The molecule has 2 aromatic rings. The molecule has 0 aliphatic carbocycles. The highest BCUT2D eigenvalue weighted by atomic mass is 32.2. The van der Waals surface area contributed by atoms with Gasteiger partial charge in [-0.2, -0.15) is 0 Å². The fraction of sp³-hybridized carbons (Fsp3) is 0.556. The van der Waals surface area contributed by atoms with Gasteiger partial charge in [-0.25, -0.2) is 13.4 Å². The number of rotatable bonds is 4. The summed E-state index contributed by atoms with van der Waals surface area (Å²) in [5.74, 6) is 0.742. The van der Waals surface area contributed by atoms with E-state index >= 15 is 0 Å². The number of carbonyl (C=O) groups is 1. The quantitative estimate of drug-likeness (QED) is 0.785. The van der Waals surface area contributed by atoms with E-state index in [1.807, 2.05) is 12.1 Å². The third kappa shape index (κ3) is 4.07. The minimum atomic E-state index is -2.95. The highest BCUT2D eigenvalue weighted by Crippen LogP contribution is 2.31. The summed E-state index contributed by atoms with van der Waals surface area (Å²) in [6.45, 7) is 2.34. The number of amides is 1. The van der Waals surface area contributed by atoms with Gasteiger partial charge < -0.3 is 10.2 Å². The summed E-state index contributed by atoms with van der Waals surface area (Å²) in [4.78, 5) is 18.3. The van der Waals surface area contributed by atoms with Crippen molar-refractivity contribution in [3.8, 4) is 0 Å². The lowest BCUT2D eigenvalue weighted by atomic mass is 9.97. The van der Waals surface area contributed by atoms with Crippen LogP contribution in [0.2, 0.25) is 0 Å². The lowest BCUT2D eigenvalue weighted by Gasteiger charge is -2.28. The van der Waals surface area contributed by atoms with Crippen LogP contribution in [0, 0.1) is 0 Å². The van der Waals surface area contributed by atoms with Gasteiger partial charge in [-0.1, -0.05) is 12.1 Å². The fourth-order valence-electron chi connectivity index (χ4n) is 3.93. The lowest BCUT2D eigenvalue weighted by Crippen LogP contribution is -3.14. The van der Waals surface area contributed by atoms with Gasteiger partial charge in [0, 0.05) is 24.8 Å². The number of para-hydroxylation sites is 1. The molecule has 26 heavy (non-hydrogen) atoms. The van der Waals surface area contributed by atoms with Gasteiger partial charge in [0.1, 0.15) is 0 Å². The number of fused-ring (bicyclic) bond motifs is 1. The largest absolute Gasteiger partial charge is 0.347 e. The number of likely N-dealkylation sites (tertiary alicyclic amines) is 1. The summed E-state index contributed by atoms with van der Waals surface area (Å²) in [5.41, 5.74) is 1.08. The zero-order chi connectivity index (χ0) is 18.1. The first kappa shape index (κ1) is 17.9. The Hall–Kier alpha value is -1.51. The van der Waals surface area contributed by atoms with Crippen LogP contribution in [0.4, 0.5) is 0 Å². The molecule has 1 aromatic carbocycles. The maximum Gasteiger partial charge on any atom is 0.275 e. The Morgan fingerprint density at radius 1 is 1.23 bits per heavy atom. The highest BCUT2D eigenvalue weighted by molar-refractivity contribution is 7.91. The predicted octanol–water partition coefficient (Wildman–Crippen LogP) is 0.362. The molecule has 140 valence electrons. The number of nitrogens with zero attached hydrogens (tertiary/aromatic N) is 1. The molecule has 2 aliphatic rings. The molecule has 8 heteroatoms. The zero-order valence-corrected chi connectivity index (χ0v) is 16.2. The molecular weight excluding hydrogens is 370 g/mol. The van der Waals surface area contributed by atoms with Gasteiger partial charge in [-0.05, 0) is 18.6 Å². The summed E-state index contributed by atoms with van der Waals surface area (Å²) in [6.07, 6.45) is 2.63. The number of thiazole rings is 1. The Bertz CT molecular complexity index is 868. The van der Waals surface area contributed by atoms with E-state index in [1.165, 1.54) is 14.6 Å². The normalized spacial score (nSPS) is 28.2. The average Bonchev–Trinajstić information content (AvgIpc) is 3.18. The molecule has 3 heterocycles. The minimum absolute atomic E-state index is 0.0273. The van der Waals surface area contributed by atoms with Crippen molar-refractivity contribution in [2.24, 2.45) is 0 Å². The summed E-state index contributed by atoms with van der Waals surface area (Å²) < 4.78 is 24.2. The number of carbonyl (C=O) groups excluding carboxylic acids is 1. The van der Waals surface area contributed by atoms with E-state index in [0.29, 0.717) is 18.9 Å². The molecule has 1 aromatic heterocycles. The van der Waals surface area contributed by atoms with Crippen LogP contribution in [0.1, 0.15) is 30.2 Å². The maximum absolute atomic E-state index is 12.2. The minimum Gasteiger partial charge on any atom is -0.347 e. The molecule has 2 fully saturated rings. The molecule has 4 rings (SSSR count). The van der Waals surface area contributed by atoms with E-state index in [0.717, 1.165) is 31.4 Å². The number of benzene rings is 1. The number of quaternary nitrogens is 1. The Morgan fingerprint density at radius 2 is 2.00 bits per heavy atom. The van der Waals surface area contributed by atoms with E-state index in [1.54, 1.807) is 11.3 Å². The molecule has 1 atom stereocenters. The summed E-state index contributed by atoms with van der Waals surface area (Å²) in [6, 6.07) is 8.04. The Morgan fingerprint density at radius 3 is 2.69 bits per heavy atom. The predicted molar refractivity (Wildman–Crippen MR) is 102 cm³/mol. The van der Waals surface area contributed by atoms with Crippen LogP contribution in [0.15, 0.2) is 24.3 Å². The number of hydrogen-bond acceptors (Lipinski definition) is 5. The molecule has 0 bridgehead atoms. The number of piperidine rings is 1. The molecule has 6 nitrogen and oxygen atoms in total. The van der Waals surface area contributed by atoms with E-state index in [4.69, 9.17) is 4.98 Å². The van der Waals surface area contributed by atoms with Crippen molar-refractivity contribution in [2.45, 2.75) is 31.2 Å². The lowest BCUT2D eigenvalue weighted by molar-refractivity contribution is -0.897. The first-order valence-corrected chi connectivity index (χ1v) is 11.8. The van der Waals surface area contributed by atoms with Gasteiger partial charge in [0.15, 0.2) is 16.4 Å². The van der Waals surface area contributed by atoms with Crippen LogP contribution >= 0.6 is 11.3 Å². The van der Waals surface area contributed by atoms with Crippen molar-refractivity contribution >= 4 is 37.3 Å².